The summed E-state index contributed by atoms with van der Waals surface area (Å²) >= 11 is 5.87. The minimum Gasteiger partial charge on any atom is -0.387 e. The molecule has 0 amide bonds. The maximum absolute atomic E-state index is 10.3. The molecule has 0 aliphatic carbocycles. The molecule has 4 nitrogen and oxygen atoms in total. The molecule has 1 saturated heterocycles. The number of H-pyrrole nitrogens is 1. The zero-order chi connectivity index (χ0) is 14.7. The fraction of sp³-hybridized carbons (Fsp3) is 0.438. The van der Waals surface area contributed by atoms with Gasteiger partial charge in [0.05, 0.1) is 6.10 Å². The van der Waals surface area contributed by atoms with Crippen molar-refractivity contribution in [3.05, 3.63) is 52.8 Å². The quantitative estimate of drug-likeness (QED) is 0.913. The summed E-state index contributed by atoms with van der Waals surface area (Å²) < 4.78 is 0. The molecule has 1 atom stereocenters. The van der Waals surface area contributed by atoms with Crippen molar-refractivity contribution in [2.24, 2.45) is 0 Å². The van der Waals surface area contributed by atoms with Gasteiger partial charge >= 0.3 is 0 Å². The molecule has 1 aromatic heterocycles. The zero-order valence-corrected chi connectivity index (χ0v) is 12.6. The molecule has 1 fully saturated rings. The molecule has 5 heteroatoms. The third-order valence-electron chi connectivity index (χ3n) is 4.24. The Kier molecular flexibility index (Phi) is 4.58. The van der Waals surface area contributed by atoms with Crippen molar-refractivity contribution in [2.45, 2.75) is 24.9 Å². The Morgan fingerprint density at radius 1 is 1.24 bits per heavy atom. The summed E-state index contributed by atoms with van der Waals surface area (Å²) in [6.07, 6.45) is 3.57. The zero-order valence-electron chi connectivity index (χ0n) is 11.9. The van der Waals surface area contributed by atoms with Crippen LogP contribution in [0.4, 0.5) is 0 Å². The van der Waals surface area contributed by atoms with E-state index in [9.17, 15) is 5.11 Å². The molecule has 112 valence electrons. The number of aromatic amines is 1. The molecule has 1 unspecified atom stereocenters. The van der Waals surface area contributed by atoms with Crippen molar-refractivity contribution >= 4 is 11.6 Å². The molecule has 2 N–H and O–H groups in total. The van der Waals surface area contributed by atoms with Crippen LogP contribution in [0.15, 0.2) is 36.5 Å². The molecule has 3 rings (SSSR count). The number of likely N-dealkylation sites (tertiary alicyclic amines) is 1. The number of halogens is 1. The minimum atomic E-state index is -0.453. The van der Waals surface area contributed by atoms with E-state index in [1.54, 1.807) is 0 Å². The van der Waals surface area contributed by atoms with Crippen molar-refractivity contribution in [1.29, 1.82) is 0 Å². The highest BCUT2D eigenvalue weighted by molar-refractivity contribution is 6.30. The Morgan fingerprint density at radius 3 is 2.57 bits per heavy atom. The second-order valence-electron chi connectivity index (χ2n) is 5.65. The molecule has 21 heavy (non-hydrogen) atoms. The van der Waals surface area contributed by atoms with E-state index >= 15 is 0 Å². The summed E-state index contributed by atoms with van der Waals surface area (Å²) in [6.45, 7) is 2.69. The van der Waals surface area contributed by atoms with Crippen LogP contribution in [0.25, 0.3) is 0 Å². The molecule has 2 heterocycles. The molecule has 1 aliphatic rings. The van der Waals surface area contributed by atoms with Crippen LogP contribution in [0, 0.1) is 0 Å². The van der Waals surface area contributed by atoms with Gasteiger partial charge in [-0.1, -0.05) is 23.7 Å². The highest BCUT2D eigenvalue weighted by Gasteiger charge is 2.23. The van der Waals surface area contributed by atoms with E-state index in [1.165, 1.54) is 5.69 Å². The van der Waals surface area contributed by atoms with Crippen molar-refractivity contribution in [1.82, 2.24) is 15.1 Å². The normalized spacial score (nSPS) is 18.8. The maximum atomic E-state index is 10.3. The van der Waals surface area contributed by atoms with Crippen LogP contribution >= 0.6 is 11.6 Å². The van der Waals surface area contributed by atoms with Gasteiger partial charge in [-0.05, 0) is 49.7 Å². The summed E-state index contributed by atoms with van der Waals surface area (Å²) in [4.78, 5) is 2.33. The number of benzene rings is 1. The van der Waals surface area contributed by atoms with Gasteiger partial charge in [0.2, 0.25) is 0 Å². The molecule has 2 aromatic rings. The number of aliphatic hydroxyl groups excluding tert-OH is 1. The van der Waals surface area contributed by atoms with Gasteiger partial charge in [-0.15, -0.1) is 0 Å². The van der Waals surface area contributed by atoms with Crippen LogP contribution in [0.2, 0.25) is 5.02 Å². The van der Waals surface area contributed by atoms with Gasteiger partial charge in [-0.25, -0.2) is 0 Å². The van der Waals surface area contributed by atoms with Crippen LogP contribution in [0.5, 0.6) is 0 Å². The number of hydrogen-bond donors (Lipinski definition) is 2. The lowest BCUT2D eigenvalue weighted by molar-refractivity contribution is 0.0969. The van der Waals surface area contributed by atoms with Gasteiger partial charge < -0.3 is 10.0 Å². The van der Waals surface area contributed by atoms with E-state index in [4.69, 9.17) is 11.6 Å². The topological polar surface area (TPSA) is 52.1 Å². The van der Waals surface area contributed by atoms with Gasteiger partial charge in [-0.3, -0.25) is 5.10 Å². The van der Waals surface area contributed by atoms with Crippen molar-refractivity contribution < 1.29 is 5.11 Å². The van der Waals surface area contributed by atoms with Gasteiger partial charge in [0.15, 0.2) is 0 Å². The molecule has 1 aliphatic heterocycles. The Balaban J connectivity index is 1.52. The molecular formula is C16H20ClN3O. The SMILES string of the molecule is OC(CN1CCC(c2ccn[nH]2)CC1)c1ccc(Cl)cc1. The van der Waals surface area contributed by atoms with Crippen molar-refractivity contribution in [3.8, 4) is 0 Å². The number of hydrogen-bond acceptors (Lipinski definition) is 3. The summed E-state index contributed by atoms with van der Waals surface area (Å²) in [6, 6.07) is 9.49. The van der Waals surface area contributed by atoms with Crippen LogP contribution in [-0.2, 0) is 0 Å². The summed E-state index contributed by atoms with van der Waals surface area (Å²) in [5.41, 5.74) is 2.16. The summed E-state index contributed by atoms with van der Waals surface area (Å²) in [5.74, 6) is 0.566. The third-order valence-corrected chi connectivity index (χ3v) is 4.49. The van der Waals surface area contributed by atoms with Crippen molar-refractivity contribution in [3.63, 3.8) is 0 Å². The third kappa shape index (κ3) is 3.64. The first kappa shape index (κ1) is 14.6. The lowest BCUT2D eigenvalue weighted by Gasteiger charge is -2.32. The van der Waals surface area contributed by atoms with Gasteiger partial charge in [0, 0.05) is 29.4 Å². The number of nitrogens with one attached hydrogen (secondary N) is 1. The Hall–Kier alpha value is -1.36. The predicted molar refractivity (Wildman–Crippen MR) is 83.4 cm³/mol. The molecule has 0 saturated carbocycles. The first-order chi connectivity index (χ1) is 10.2. The highest BCUT2D eigenvalue weighted by Crippen LogP contribution is 2.27. The molecule has 0 bridgehead atoms. The van der Waals surface area contributed by atoms with E-state index in [1.807, 2.05) is 30.5 Å². The van der Waals surface area contributed by atoms with Crippen LogP contribution in [0.3, 0.4) is 0 Å². The number of aromatic nitrogens is 2. The standard InChI is InChI=1S/C16H20ClN3O/c17-14-3-1-13(2-4-14)16(21)11-20-9-6-12(7-10-20)15-5-8-18-19-15/h1-5,8,12,16,21H,6-7,9-11H2,(H,18,19). The lowest BCUT2D eigenvalue weighted by atomic mass is 9.93. The van der Waals surface area contributed by atoms with Gasteiger partial charge in [0.25, 0.3) is 0 Å². The van der Waals surface area contributed by atoms with Gasteiger partial charge in [0.1, 0.15) is 0 Å². The van der Waals surface area contributed by atoms with E-state index in [2.05, 4.69) is 21.2 Å². The van der Waals surface area contributed by atoms with Crippen LogP contribution in [0.1, 0.15) is 36.1 Å². The molecule has 0 radical (unpaired) electrons. The average molecular weight is 306 g/mol. The van der Waals surface area contributed by atoms with E-state index < -0.39 is 6.10 Å². The van der Waals surface area contributed by atoms with Crippen molar-refractivity contribution in [2.75, 3.05) is 19.6 Å². The number of rotatable bonds is 4. The largest absolute Gasteiger partial charge is 0.387 e. The number of aliphatic hydroxyl groups is 1. The summed E-state index contributed by atoms with van der Waals surface area (Å²) in [7, 11) is 0. The summed E-state index contributed by atoms with van der Waals surface area (Å²) in [5, 5.41) is 18.1. The predicted octanol–water partition coefficient (Wildman–Crippen LogP) is 2.98. The second kappa shape index (κ2) is 6.60. The Morgan fingerprint density at radius 2 is 1.95 bits per heavy atom. The first-order valence-corrected chi connectivity index (χ1v) is 7.75. The second-order valence-corrected chi connectivity index (χ2v) is 6.09. The van der Waals surface area contributed by atoms with Gasteiger partial charge in [-0.2, -0.15) is 5.10 Å². The monoisotopic (exact) mass is 305 g/mol. The highest BCUT2D eigenvalue weighted by atomic mass is 35.5. The molecule has 0 spiro atoms. The maximum Gasteiger partial charge on any atom is 0.0916 e. The first-order valence-electron chi connectivity index (χ1n) is 7.37. The van der Waals surface area contributed by atoms with E-state index in [0.29, 0.717) is 17.5 Å². The van der Waals surface area contributed by atoms with E-state index in [-0.39, 0.29) is 0 Å². The molecule has 1 aromatic carbocycles. The van der Waals surface area contributed by atoms with Crippen LogP contribution < -0.4 is 0 Å². The number of nitrogens with zero attached hydrogens (tertiary/aromatic N) is 2. The fourth-order valence-corrected chi connectivity index (χ4v) is 3.08. The number of β-amino-alcohol motifs (C(OH)–C–C–N with tert-alkyl or cyclic N) is 1. The fourth-order valence-electron chi connectivity index (χ4n) is 2.96. The number of piperidine rings is 1. The Labute approximate surface area is 129 Å². The average Bonchev–Trinajstić information content (AvgIpc) is 3.03. The van der Waals surface area contributed by atoms with E-state index in [0.717, 1.165) is 31.5 Å². The Bertz CT molecular complexity index is 547. The molecular weight excluding hydrogens is 286 g/mol. The minimum absolute atomic E-state index is 0.453. The smallest absolute Gasteiger partial charge is 0.0916 e. The lowest BCUT2D eigenvalue weighted by Crippen LogP contribution is -2.36. The van der Waals surface area contributed by atoms with Crippen LogP contribution in [-0.4, -0.2) is 39.8 Å².